The van der Waals surface area contributed by atoms with E-state index in [-0.39, 0.29) is 16.7 Å². The summed E-state index contributed by atoms with van der Waals surface area (Å²) < 4.78 is 28.5. The second-order valence-corrected chi connectivity index (χ2v) is 8.36. The van der Waals surface area contributed by atoms with Crippen LogP contribution in [0.4, 0.5) is 0 Å². The van der Waals surface area contributed by atoms with E-state index in [1.807, 2.05) is 6.92 Å². The zero-order chi connectivity index (χ0) is 14.8. The summed E-state index contributed by atoms with van der Waals surface area (Å²) in [5.41, 5.74) is 0.0435. The van der Waals surface area contributed by atoms with Crippen LogP contribution >= 0.6 is 55.1 Å². The molecule has 0 aliphatic carbocycles. The van der Waals surface area contributed by atoms with E-state index in [4.69, 9.17) is 23.2 Å². The van der Waals surface area contributed by atoms with E-state index in [1.165, 1.54) is 0 Å². The molecule has 0 radical (unpaired) electrons. The molecule has 0 unspecified atom stereocenters. The summed E-state index contributed by atoms with van der Waals surface area (Å²) in [6, 6.07) is 3.28. The maximum Gasteiger partial charge on any atom is 0.242 e. The molecule has 0 fully saturated rings. The van der Waals surface area contributed by atoms with Gasteiger partial charge in [0.05, 0.1) is 10.4 Å². The molecule has 108 valence electrons. The molecule has 0 atom stereocenters. The smallest absolute Gasteiger partial charge is 0.207 e. The van der Waals surface area contributed by atoms with Crippen molar-refractivity contribution in [3.63, 3.8) is 0 Å². The highest BCUT2D eigenvalue weighted by Crippen LogP contribution is 2.29. The van der Waals surface area contributed by atoms with Crippen LogP contribution in [0.2, 0.25) is 0 Å². The van der Waals surface area contributed by atoms with Crippen LogP contribution in [0.15, 0.2) is 26.0 Å². The minimum absolute atomic E-state index is 0.0837. The van der Waals surface area contributed by atoms with Crippen LogP contribution in [0.1, 0.15) is 12.5 Å². The Morgan fingerprint density at radius 3 is 2.21 bits per heavy atom. The molecule has 1 aromatic carbocycles. The Hall–Kier alpha value is 0.670. The molecule has 8 heteroatoms. The molecule has 0 spiro atoms. The van der Waals surface area contributed by atoms with E-state index in [0.717, 1.165) is 10.0 Å². The molecule has 0 heterocycles. The van der Waals surface area contributed by atoms with E-state index in [0.29, 0.717) is 4.47 Å². The minimum atomic E-state index is -3.71. The monoisotopic (exact) mass is 451 g/mol. The number of halogens is 4. The number of sulfonamides is 1. The molecule has 0 bridgehead atoms. The lowest BCUT2D eigenvalue weighted by molar-refractivity contribution is 0.500. The zero-order valence-corrected chi connectivity index (χ0v) is 15.8. The lowest BCUT2D eigenvalue weighted by Crippen LogP contribution is -2.49. The number of hydrogen-bond acceptors (Lipinski definition) is 2. The predicted molar refractivity (Wildman–Crippen MR) is 86.7 cm³/mol. The fourth-order valence-corrected chi connectivity index (χ4v) is 4.97. The van der Waals surface area contributed by atoms with Gasteiger partial charge in [0.2, 0.25) is 10.0 Å². The van der Waals surface area contributed by atoms with Gasteiger partial charge in [0.1, 0.15) is 0 Å². The fraction of sp³-hybridized carbons (Fsp3) is 0.455. The van der Waals surface area contributed by atoms with Gasteiger partial charge in [-0.2, -0.15) is 0 Å². The Morgan fingerprint density at radius 2 is 1.74 bits per heavy atom. The molecule has 19 heavy (non-hydrogen) atoms. The summed E-state index contributed by atoms with van der Waals surface area (Å²) in [4.78, 5) is 0.145. The second kappa shape index (κ2) is 6.62. The van der Waals surface area contributed by atoms with Gasteiger partial charge in [-0.05, 0) is 47.5 Å². The Bertz CT molecular complexity index is 574. The Balaban J connectivity index is 3.25. The highest BCUT2D eigenvalue weighted by molar-refractivity contribution is 9.11. The van der Waals surface area contributed by atoms with Crippen molar-refractivity contribution in [1.29, 1.82) is 0 Å². The van der Waals surface area contributed by atoms with Gasteiger partial charge in [-0.15, -0.1) is 23.2 Å². The van der Waals surface area contributed by atoms with Crippen molar-refractivity contribution in [1.82, 2.24) is 4.72 Å². The normalized spacial score (nSPS) is 12.7. The maximum atomic E-state index is 12.4. The van der Waals surface area contributed by atoms with Gasteiger partial charge in [0, 0.05) is 20.7 Å². The molecule has 0 aliphatic heterocycles. The summed E-state index contributed by atoms with van der Waals surface area (Å²) in [6.07, 6.45) is 0. The van der Waals surface area contributed by atoms with Crippen molar-refractivity contribution in [2.45, 2.75) is 24.3 Å². The molecule has 3 nitrogen and oxygen atoms in total. The molecule has 1 aromatic rings. The number of hydrogen-bond donors (Lipinski definition) is 1. The topological polar surface area (TPSA) is 46.2 Å². The average molecular weight is 454 g/mol. The van der Waals surface area contributed by atoms with Gasteiger partial charge in [-0.1, -0.05) is 15.9 Å². The van der Waals surface area contributed by atoms with Gasteiger partial charge in [0.25, 0.3) is 0 Å². The van der Waals surface area contributed by atoms with Crippen LogP contribution in [0, 0.1) is 6.92 Å². The molecule has 1 rings (SSSR count). The first-order valence-corrected chi connectivity index (χ1v) is 9.40. The number of rotatable bonds is 5. The number of aryl methyl sites for hydroxylation is 1. The second-order valence-electron chi connectivity index (χ2n) is 4.47. The summed E-state index contributed by atoms with van der Waals surface area (Å²) >= 11 is 18.1. The quantitative estimate of drug-likeness (QED) is 0.684. The Morgan fingerprint density at radius 1 is 1.21 bits per heavy atom. The highest BCUT2D eigenvalue weighted by atomic mass is 79.9. The average Bonchev–Trinajstić information content (AvgIpc) is 2.33. The number of benzene rings is 1. The molecule has 0 saturated carbocycles. The summed E-state index contributed by atoms with van der Waals surface area (Å²) in [5.74, 6) is 0.167. The fourth-order valence-electron chi connectivity index (χ4n) is 1.30. The molecule has 0 aliphatic rings. The number of alkyl halides is 2. The molecule has 1 N–H and O–H groups in total. The lowest BCUT2D eigenvalue weighted by atomic mass is 10.1. The van der Waals surface area contributed by atoms with Crippen molar-refractivity contribution in [3.8, 4) is 0 Å². The summed E-state index contributed by atoms with van der Waals surface area (Å²) in [6.45, 7) is 3.53. The first kappa shape index (κ1) is 17.7. The van der Waals surface area contributed by atoms with Crippen molar-refractivity contribution in [2.24, 2.45) is 0 Å². The van der Waals surface area contributed by atoms with Crippen LogP contribution in [0.25, 0.3) is 0 Å². The minimum Gasteiger partial charge on any atom is -0.207 e. The van der Waals surface area contributed by atoms with E-state index >= 15 is 0 Å². The summed E-state index contributed by atoms with van der Waals surface area (Å²) in [7, 11) is -3.71. The molecule has 0 saturated heterocycles. The van der Waals surface area contributed by atoms with E-state index < -0.39 is 15.6 Å². The van der Waals surface area contributed by atoms with Crippen molar-refractivity contribution >= 4 is 65.1 Å². The largest absolute Gasteiger partial charge is 0.242 e. The van der Waals surface area contributed by atoms with Crippen LogP contribution in [0.5, 0.6) is 0 Å². The van der Waals surface area contributed by atoms with Gasteiger partial charge in [-0.25, -0.2) is 13.1 Å². The predicted octanol–water partition coefficient (Wildman–Crippen LogP) is 4.03. The first-order chi connectivity index (χ1) is 8.65. The number of nitrogens with one attached hydrogen (secondary N) is 1. The maximum absolute atomic E-state index is 12.4. The van der Waals surface area contributed by atoms with Crippen LogP contribution in [0.3, 0.4) is 0 Å². The summed E-state index contributed by atoms with van der Waals surface area (Å²) in [5, 5.41) is 0. The standard InChI is InChI=1S/C11H13Br2Cl2NO2S/c1-7-3-9(13)10(4-8(7)12)19(17,18)16-11(2,5-14)6-15/h3-4,16H,5-6H2,1-2H3. The third-order valence-electron chi connectivity index (χ3n) is 2.47. The van der Waals surface area contributed by atoms with Gasteiger partial charge in [0.15, 0.2) is 0 Å². The van der Waals surface area contributed by atoms with Crippen LogP contribution < -0.4 is 4.72 Å². The van der Waals surface area contributed by atoms with Crippen LogP contribution in [-0.4, -0.2) is 25.7 Å². The molecular formula is C11H13Br2Cl2NO2S. The van der Waals surface area contributed by atoms with Gasteiger partial charge >= 0.3 is 0 Å². The highest BCUT2D eigenvalue weighted by Gasteiger charge is 2.30. The van der Waals surface area contributed by atoms with Crippen molar-refractivity contribution < 1.29 is 8.42 Å². The SMILES string of the molecule is Cc1cc(Br)c(S(=O)(=O)NC(C)(CCl)CCl)cc1Br. The van der Waals surface area contributed by atoms with E-state index in [2.05, 4.69) is 36.6 Å². The molecular weight excluding hydrogens is 441 g/mol. The van der Waals surface area contributed by atoms with Gasteiger partial charge < -0.3 is 0 Å². The van der Waals surface area contributed by atoms with Gasteiger partial charge in [-0.3, -0.25) is 0 Å². The van der Waals surface area contributed by atoms with Crippen molar-refractivity contribution in [2.75, 3.05) is 11.8 Å². The van der Waals surface area contributed by atoms with Crippen LogP contribution in [-0.2, 0) is 10.0 Å². The van der Waals surface area contributed by atoms with E-state index in [1.54, 1.807) is 19.1 Å². The third-order valence-corrected chi connectivity index (χ3v) is 7.10. The van der Waals surface area contributed by atoms with E-state index in [9.17, 15) is 8.42 Å². The first-order valence-electron chi connectivity index (χ1n) is 5.27. The Kier molecular flexibility index (Phi) is 6.18. The third kappa shape index (κ3) is 4.32. The molecule has 0 amide bonds. The van der Waals surface area contributed by atoms with Crippen molar-refractivity contribution in [3.05, 3.63) is 26.6 Å². The lowest BCUT2D eigenvalue weighted by Gasteiger charge is -2.26. The molecule has 0 aromatic heterocycles. The Labute approximate surface area is 140 Å². The zero-order valence-electron chi connectivity index (χ0n) is 10.3.